The smallest absolute Gasteiger partial charge is 0.186 e. The van der Waals surface area contributed by atoms with Crippen LogP contribution in [0.3, 0.4) is 0 Å². The zero-order chi connectivity index (χ0) is 36.1. The Morgan fingerprint density at radius 2 is 0.673 bits per heavy atom. The number of carbonyl (C=O) groups is 2. The van der Waals surface area contributed by atoms with E-state index in [0.29, 0.717) is 0 Å². The highest BCUT2D eigenvalue weighted by molar-refractivity contribution is 7.14. The van der Waals surface area contributed by atoms with Crippen molar-refractivity contribution in [3.8, 4) is 0 Å². The van der Waals surface area contributed by atoms with Crippen molar-refractivity contribution >= 4 is 34.0 Å². The lowest BCUT2D eigenvalue weighted by molar-refractivity contribution is -0.114. The first-order valence-electron chi connectivity index (χ1n) is 17.4. The Labute approximate surface area is 298 Å². The minimum Gasteiger partial charge on any atom is -0.289 e. The second kappa shape index (κ2) is 13.0. The van der Waals surface area contributed by atoms with Gasteiger partial charge >= 0.3 is 0 Å². The number of allylic oxidation sites excluding steroid dienone is 10. The molecule has 2 nitrogen and oxygen atoms in total. The third kappa shape index (κ3) is 7.58. The zero-order valence-electron chi connectivity index (χ0n) is 31.5. The van der Waals surface area contributed by atoms with Crippen molar-refractivity contribution in [1.29, 1.82) is 0 Å². The van der Waals surface area contributed by atoms with Crippen LogP contribution in [0, 0.1) is 21.7 Å². The standard InChI is InChI=1S/C46H52O2S/c1-43(2,3)33-25-31(26-34(41(33)47)44(4,5)6)39(29-19-15-13-16-20-29)37-23-24-38(49-37)40(30-21-17-14-18-22-30)32-27-35(45(7,8)9)42(48)36(28-32)46(10,11)12/h13-28H,1-12H3. The van der Waals surface area contributed by atoms with Gasteiger partial charge in [0, 0.05) is 43.2 Å². The molecule has 0 unspecified atom stereocenters. The molecule has 1 heterocycles. The van der Waals surface area contributed by atoms with Crippen molar-refractivity contribution in [2.24, 2.45) is 21.7 Å². The van der Waals surface area contributed by atoms with Crippen molar-refractivity contribution in [3.05, 3.63) is 151 Å². The first-order chi connectivity index (χ1) is 22.7. The summed E-state index contributed by atoms with van der Waals surface area (Å²) in [5.74, 6) is 0.266. The summed E-state index contributed by atoms with van der Waals surface area (Å²) < 4.78 is 0. The molecule has 5 rings (SSSR count). The number of hydrogen-bond donors (Lipinski definition) is 0. The van der Waals surface area contributed by atoms with E-state index in [9.17, 15) is 9.59 Å². The van der Waals surface area contributed by atoms with Gasteiger partial charge in [-0.05, 0) is 80.4 Å². The number of hydrogen-bond acceptors (Lipinski definition) is 3. The molecule has 0 atom stereocenters. The molecular formula is C46H52O2S. The first kappa shape index (κ1) is 36.2. The van der Waals surface area contributed by atoms with E-state index in [2.05, 4.69) is 168 Å². The average Bonchev–Trinajstić information content (AvgIpc) is 3.46. The van der Waals surface area contributed by atoms with E-state index < -0.39 is 0 Å². The Hall–Kier alpha value is -4.08. The minimum absolute atomic E-state index is 0.133. The molecule has 0 spiro atoms. The molecule has 0 saturated heterocycles. The minimum atomic E-state index is -0.312. The maximum absolute atomic E-state index is 13.9. The fourth-order valence-electron chi connectivity index (χ4n) is 6.49. The van der Waals surface area contributed by atoms with Gasteiger partial charge in [0.15, 0.2) is 11.6 Å². The fraction of sp³-hybridized carbons (Fsp3) is 0.348. The quantitative estimate of drug-likeness (QED) is 0.277. The molecule has 0 saturated carbocycles. The van der Waals surface area contributed by atoms with Gasteiger partial charge in [0.05, 0.1) is 0 Å². The molecule has 2 aliphatic carbocycles. The Bertz CT molecular complexity index is 1760. The van der Waals surface area contributed by atoms with Crippen molar-refractivity contribution in [2.45, 2.75) is 83.1 Å². The van der Waals surface area contributed by atoms with Crippen LogP contribution in [0.5, 0.6) is 0 Å². The molecule has 2 aromatic carbocycles. The maximum atomic E-state index is 13.9. The van der Waals surface area contributed by atoms with Gasteiger partial charge in [-0.1, -0.05) is 144 Å². The van der Waals surface area contributed by atoms with E-state index in [0.717, 1.165) is 65.5 Å². The van der Waals surface area contributed by atoms with E-state index in [1.807, 2.05) is 12.1 Å². The van der Waals surface area contributed by atoms with Gasteiger partial charge in [0.1, 0.15) is 0 Å². The van der Waals surface area contributed by atoms with Crippen LogP contribution in [0.1, 0.15) is 104 Å². The second-order valence-electron chi connectivity index (χ2n) is 17.4. The molecule has 49 heavy (non-hydrogen) atoms. The van der Waals surface area contributed by atoms with Crippen LogP contribution in [-0.2, 0) is 9.59 Å². The summed E-state index contributed by atoms with van der Waals surface area (Å²) in [6.07, 6.45) is 8.50. The lowest BCUT2D eigenvalue weighted by atomic mass is 9.71. The Morgan fingerprint density at radius 3 is 0.918 bits per heavy atom. The van der Waals surface area contributed by atoms with Crippen molar-refractivity contribution in [3.63, 3.8) is 0 Å². The van der Waals surface area contributed by atoms with Crippen LogP contribution in [0.2, 0.25) is 0 Å². The summed E-state index contributed by atoms with van der Waals surface area (Å²) in [5.41, 5.74) is 8.62. The predicted molar refractivity (Wildman–Crippen MR) is 209 cm³/mol. The Kier molecular flexibility index (Phi) is 9.60. The highest BCUT2D eigenvalue weighted by Crippen LogP contribution is 2.46. The molecular weight excluding hydrogens is 617 g/mol. The Morgan fingerprint density at radius 1 is 0.408 bits per heavy atom. The van der Waals surface area contributed by atoms with Crippen LogP contribution >= 0.6 is 11.3 Å². The molecule has 0 bridgehead atoms. The third-order valence-electron chi connectivity index (χ3n) is 9.21. The van der Waals surface area contributed by atoms with Crippen LogP contribution in [-0.4, -0.2) is 11.6 Å². The van der Waals surface area contributed by atoms with Gasteiger partial charge in [-0.2, -0.15) is 0 Å². The molecule has 3 aromatic rings. The van der Waals surface area contributed by atoms with Gasteiger partial charge in [0.25, 0.3) is 0 Å². The van der Waals surface area contributed by atoms with Crippen LogP contribution in [0.15, 0.2) is 131 Å². The normalized spacial score (nSPS) is 16.2. The van der Waals surface area contributed by atoms with Gasteiger partial charge in [-0.15, -0.1) is 11.3 Å². The van der Waals surface area contributed by atoms with Crippen molar-refractivity contribution in [2.75, 3.05) is 0 Å². The topological polar surface area (TPSA) is 34.1 Å². The lowest BCUT2D eigenvalue weighted by Crippen LogP contribution is -2.28. The summed E-state index contributed by atoms with van der Waals surface area (Å²) in [5, 5.41) is 0. The SMILES string of the molecule is CC(C)(C)C1=CC(=C(c2ccccc2)c2ccc(C(=C3C=C(C(C)(C)C)C(=O)C(C(C)(C)C)=C3)c3ccccc3)s2)C=C(C(C)(C)C)C1=O. The van der Waals surface area contributed by atoms with Crippen molar-refractivity contribution in [1.82, 2.24) is 0 Å². The lowest BCUT2D eigenvalue weighted by Gasteiger charge is -2.32. The van der Waals surface area contributed by atoms with E-state index >= 15 is 0 Å². The van der Waals surface area contributed by atoms with Crippen LogP contribution in [0.4, 0.5) is 0 Å². The summed E-state index contributed by atoms with van der Waals surface area (Å²) in [6, 6.07) is 25.5. The maximum Gasteiger partial charge on any atom is 0.186 e. The second-order valence-corrected chi connectivity index (χ2v) is 18.5. The zero-order valence-corrected chi connectivity index (χ0v) is 32.3. The van der Waals surface area contributed by atoms with Gasteiger partial charge in [-0.25, -0.2) is 0 Å². The van der Waals surface area contributed by atoms with E-state index in [1.165, 1.54) is 0 Å². The summed E-state index contributed by atoms with van der Waals surface area (Å²) in [6.45, 7) is 25.5. The van der Waals surface area contributed by atoms with Gasteiger partial charge in [-0.3, -0.25) is 9.59 Å². The third-order valence-corrected chi connectivity index (χ3v) is 10.3. The average molecular weight is 669 g/mol. The Balaban J connectivity index is 1.85. The van der Waals surface area contributed by atoms with E-state index in [4.69, 9.17) is 0 Å². The van der Waals surface area contributed by atoms with Gasteiger partial charge in [0.2, 0.25) is 0 Å². The highest BCUT2D eigenvalue weighted by Gasteiger charge is 2.36. The molecule has 0 fully saturated rings. The van der Waals surface area contributed by atoms with Crippen LogP contribution in [0.25, 0.3) is 11.1 Å². The van der Waals surface area contributed by atoms with Gasteiger partial charge < -0.3 is 0 Å². The number of Topliss-reactive ketones (excluding diaryl/α,β-unsaturated/α-hetero) is 2. The summed E-state index contributed by atoms with van der Waals surface area (Å²) in [7, 11) is 0. The van der Waals surface area contributed by atoms with Crippen LogP contribution < -0.4 is 0 Å². The molecule has 0 N–H and O–H groups in total. The highest BCUT2D eigenvalue weighted by atomic mass is 32.1. The first-order valence-corrected chi connectivity index (χ1v) is 18.2. The number of benzene rings is 2. The molecule has 3 heteroatoms. The summed E-state index contributed by atoms with van der Waals surface area (Å²) >= 11 is 1.76. The monoisotopic (exact) mass is 668 g/mol. The number of carbonyl (C=O) groups excluding carboxylic acids is 2. The molecule has 2 aliphatic rings. The predicted octanol–water partition coefficient (Wildman–Crippen LogP) is 12.4. The fourth-order valence-corrected chi connectivity index (χ4v) is 7.68. The number of thiophene rings is 1. The summed E-state index contributed by atoms with van der Waals surface area (Å²) in [4.78, 5) is 30.1. The van der Waals surface area contributed by atoms with E-state index in [-0.39, 0.29) is 33.2 Å². The number of rotatable bonds is 4. The molecule has 1 aromatic heterocycles. The molecule has 0 radical (unpaired) electrons. The largest absolute Gasteiger partial charge is 0.289 e. The number of ketones is 2. The molecule has 254 valence electrons. The molecule has 0 amide bonds. The van der Waals surface area contributed by atoms with Crippen molar-refractivity contribution < 1.29 is 9.59 Å². The molecule has 0 aliphatic heterocycles. The van der Waals surface area contributed by atoms with E-state index in [1.54, 1.807) is 11.3 Å².